The summed E-state index contributed by atoms with van der Waals surface area (Å²) in [6.45, 7) is 0. The summed E-state index contributed by atoms with van der Waals surface area (Å²) in [6.07, 6.45) is -1.24. The molecule has 0 aliphatic carbocycles. The van der Waals surface area contributed by atoms with Crippen LogP contribution in [0.15, 0.2) is 47.2 Å². The molecule has 0 saturated carbocycles. The van der Waals surface area contributed by atoms with Crippen molar-refractivity contribution < 1.29 is 13.2 Å². The maximum Gasteiger partial charge on any atom is 0.416 e. The van der Waals surface area contributed by atoms with Crippen molar-refractivity contribution in [1.82, 2.24) is 10.3 Å². The summed E-state index contributed by atoms with van der Waals surface area (Å²) < 4.78 is 40.0. The summed E-state index contributed by atoms with van der Waals surface area (Å²) in [5.41, 5.74) is 0.209. The van der Waals surface area contributed by atoms with E-state index in [4.69, 9.17) is 0 Å². The monoisotopic (exact) mass is 344 g/mol. The highest BCUT2D eigenvalue weighted by molar-refractivity contribution is 9.10. The largest absolute Gasteiger partial charge is 0.416 e. The summed E-state index contributed by atoms with van der Waals surface area (Å²) in [6, 6.07) is 6.73. The van der Waals surface area contributed by atoms with Crippen LogP contribution in [-0.2, 0) is 6.18 Å². The first kappa shape index (κ1) is 15.0. The van der Waals surface area contributed by atoms with Crippen LogP contribution >= 0.6 is 15.9 Å². The highest BCUT2D eigenvalue weighted by Gasteiger charge is 2.35. The van der Waals surface area contributed by atoms with Crippen molar-refractivity contribution in [2.24, 2.45) is 0 Å². The van der Waals surface area contributed by atoms with Crippen molar-refractivity contribution in [3.63, 3.8) is 0 Å². The van der Waals surface area contributed by atoms with Gasteiger partial charge in [-0.1, -0.05) is 18.2 Å². The van der Waals surface area contributed by atoms with Gasteiger partial charge in [-0.15, -0.1) is 0 Å². The molecule has 0 fully saturated rings. The molecule has 106 valence electrons. The average Bonchev–Trinajstić information content (AvgIpc) is 2.39. The van der Waals surface area contributed by atoms with Crippen molar-refractivity contribution in [3.05, 3.63) is 63.9 Å². The first-order valence-electron chi connectivity index (χ1n) is 5.87. The molecule has 1 atom stereocenters. The van der Waals surface area contributed by atoms with Gasteiger partial charge in [0.25, 0.3) is 0 Å². The maximum absolute atomic E-state index is 13.1. The summed E-state index contributed by atoms with van der Waals surface area (Å²) in [5.74, 6) is 0. The van der Waals surface area contributed by atoms with Crippen LogP contribution in [0.4, 0.5) is 13.2 Å². The van der Waals surface area contributed by atoms with Gasteiger partial charge in [0.2, 0.25) is 0 Å². The predicted molar refractivity (Wildman–Crippen MR) is 74.3 cm³/mol. The van der Waals surface area contributed by atoms with E-state index in [2.05, 4.69) is 26.2 Å². The molecule has 1 N–H and O–H groups in total. The van der Waals surface area contributed by atoms with Crippen LogP contribution < -0.4 is 5.32 Å². The highest BCUT2D eigenvalue weighted by Crippen LogP contribution is 2.36. The molecule has 1 unspecified atom stereocenters. The second-order valence-electron chi connectivity index (χ2n) is 4.24. The molecule has 0 spiro atoms. The quantitative estimate of drug-likeness (QED) is 0.903. The topological polar surface area (TPSA) is 24.9 Å². The number of hydrogen-bond acceptors (Lipinski definition) is 2. The zero-order valence-electron chi connectivity index (χ0n) is 10.6. The minimum Gasteiger partial charge on any atom is -0.309 e. The lowest BCUT2D eigenvalue weighted by Gasteiger charge is -2.21. The van der Waals surface area contributed by atoms with Crippen molar-refractivity contribution in [1.29, 1.82) is 0 Å². The summed E-state index contributed by atoms with van der Waals surface area (Å²) >= 11 is 3.28. The standard InChI is InChI=1S/C14H12BrF3N2/c1-19-13(9-6-10(15)8-20-7-9)11-4-2-3-5-12(11)14(16,17)18/h2-8,13,19H,1H3. The van der Waals surface area contributed by atoms with Crippen molar-refractivity contribution in [3.8, 4) is 0 Å². The summed E-state index contributed by atoms with van der Waals surface area (Å²) in [7, 11) is 1.62. The molecule has 20 heavy (non-hydrogen) atoms. The molecular weight excluding hydrogens is 333 g/mol. The Morgan fingerprint density at radius 1 is 1.20 bits per heavy atom. The van der Waals surface area contributed by atoms with Crippen LogP contribution in [0.25, 0.3) is 0 Å². The van der Waals surface area contributed by atoms with Gasteiger partial charge in [-0.25, -0.2) is 0 Å². The van der Waals surface area contributed by atoms with E-state index in [1.807, 2.05) is 0 Å². The lowest BCUT2D eigenvalue weighted by atomic mass is 9.95. The molecular formula is C14H12BrF3N2. The molecule has 1 aromatic heterocycles. The fraction of sp³-hybridized carbons (Fsp3) is 0.214. The number of nitrogens with one attached hydrogen (secondary N) is 1. The van der Waals surface area contributed by atoms with E-state index < -0.39 is 17.8 Å². The number of benzene rings is 1. The van der Waals surface area contributed by atoms with Gasteiger partial charge in [-0.2, -0.15) is 13.2 Å². The van der Waals surface area contributed by atoms with Crippen LogP contribution in [0.5, 0.6) is 0 Å². The number of alkyl halides is 3. The summed E-state index contributed by atoms with van der Waals surface area (Å²) in [5, 5.41) is 2.91. The zero-order valence-corrected chi connectivity index (χ0v) is 12.2. The molecule has 2 aromatic rings. The zero-order chi connectivity index (χ0) is 14.8. The molecule has 0 saturated heterocycles. The van der Waals surface area contributed by atoms with Gasteiger partial charge in [0, 0.05) is 16.9 Å². The summed E-state index contributed by atoms with van der Waals surface area (Å²) in [4.78, 5) is 4.00. The van der Waals surface area contributed by atoms with Gasteiger partial charge in [0.05, 0.1) is 11.6 Å². The van der Waals surface area contributed by atoms with Crippen LogP contribution in [-0.4, -0.2) is 12.0 Å². The molecule has 0 aliphatic heterocycles. The van der Waals surface area contributed by atoms with Gasteiger partial charge < -0.3 is 5.32 Å². The maximum atomic E-state index is 13.1. The third kappa shape index (κ3) is 3.19. The second kappa shape index (κ2) is 5.93. The van der Waals surface area contributed by atoms with Crippen LogP contribution in [0.3, 0.4) is 0 Å². The lowest BCUT2D eigenvalue weighted by molar-refractivity contribution is -0.138. The van der Waals surface area contributed by atoms with E-state index in [0.29, 0.717) is 5.56 Å². The molecule has 0 aliphatic rings. The molecule has 0 radical (unpaired) electrons. The predicted octanol–water partition coefficient (Wildman–Crippen LogP) is 4.17. The molecule has 0 bridgehead atoms. The Kier molecular flexibility index (Phi) is 4.45. The Morgan fingerprint density at radius 2 is 1.90 bits per heavy atom. The Morgan fingerprint density at radius 3 is 2.50 bits per heavy atom. The van der Waals surface area contributed by atoms with E-state index in [0.717, 1.165) is 10.5 Å². The van der Waals surface area contributed by atoms with Gasteiger partial charge >= 0.3 is 6.18 Å². The SMILES string of the molecule is CNC(c1cncc(Br)c1)c1ccccc1C(F)(F)F. The van der Waals surface area contributed by atoms with Gasteiger partial charge in [-0.05, 0) is 46.2 Å². The molecule has 0 amide bonds. The van der Waals surface area contributed by atoms with Crippen LogP contribution in [0, 0.1) is 0 Å². The van der Waals surface area contributed by atoms with Gasteiger partial charge in [-0.3, -0.25) is 4.98 Å². The smallest absolute Gasteiger partial charge is 0.309 e. The molecule has 6 heteroatoms. The molecule has 1 heterocycles. The van der Waals surface area contributed by atoms with Gasteiger partial charge in [0.1, 0.15) is 0 Å². The Bertz CT molecular complexity index is 599. The van der Waals surface area contributed by atoms with Crippen LogP contribution in [0.1, 0.15) is 22.7 Å². The van der Waals surface area contributed by atoms with E-state index >= 15 is 0 Å². The number of aromatic nitrogens is 1. The van der Waals surface area contributed by atoms with Crippen LogP contribution in [0.2, 0.25) is 0 Å². The van der Waals surface area contributed by atoms with E-state index in [1.54, 1.807) is 31.6 Å². The number of hydrogen-bond donors (Lipinski definition) is 1. The van der Waals surface area contributed by atoms with Crippen molar-refractivity contribution >= 4 is 15.9 Å². The lowest BCUT2D eigenvalue weighted by Crippen LogP contribution is -2.22. The minimum atomic E-state index is -4.38. The third-order valence-corrected chi connectivity index (χ3v) is 3.36. The van der Waals surface area contributed by atoms with Gasteiger partial charge in [0.15, 0.2) is 0 Å². The fourth-order valence-electron chi connectivity index (χ4n) is 2.09. The van der Waals surface area contributed by atoms with E-state index in [9.17, 15) is 13.2 Å². The Hall–Kier alpha value is -1.40. The molecule has 2 nitrogen and oxygen atoms in total. The molecule has 1 aromatic carbocycles. The van der Waals surface area contributed by atoms with Crippen molar-refractivity contribution in [2.75, 3.05) is 7.05 Å². The number of halogens is 4. The normalized spacial score (nSPS) is 13.2. The highest BCUT2D eigenvalue weighted by atomic mass is 79.9. The minimum absolute atomic E-state index is 0.183. The fourth-order valence-corrected chi connectivity index (χ4v) is 2.48. The Labute approximate surface area is 123 Å². The van der Waals surface area contributed by atoms with Crippen molar-refractivity contribution in [2.45, 2.75) is 12.2 Å². The first-order chi connectivity index (χ1) is 9.43. The number of pyridine rings is 1. The first-order valence-corrected chi connectivity index (χ1v) is 6.66. The second-order valence-corrected chi connectivity index (χ2v) is 5.16. The molecule has 2 rings (SSSR count). The Balaban J connectivity index is 2.53. The third-order valence-electron chi connectivity index (χ3n) is 2.93. The van der Waals surface area contributed by atoms with E-state index in [1.165, 1.54) is 12.1 Å². The van der Waals surface area contributed by atoms with E-state index in [-0.39, 0.29) is 5.56 Å². The average molecular weight is 345 g/mol. The number of nitrogens with zero attached hydrogens (tertiary/aromatic N) is 1. The number of rotatable bonds is 3.